The Morgan fingerprint density at radius 3 is 2.67 bits per heavy atom. The number of carbonyl (C=O) groups is 1. The minimum Gasteiger partial charge on any atom is -0.481 e. The molecule has 84 valence electrons. The van der Waals surface area contributed by atoms with Crippen LogP contribution in [0.4, 0.5) is 0 Å². The lowest BCUT2D eigenvalue weighted by Crippen LogP contribution is -2.36. The molecule has 2 rings (SSSR count). The zero-order chi connectivity index (χ0) is 11.1. The van der Waals surface area contributed by atoms with Gasteiger partial charge in [0.1, 0.15) is 0 Å². The Morgan fingerprint density at radius 1 is 1.53 bits per heavy atom. The lowest BCUT2D eigenvalue weighted by atomic mass is 9.70. The van der Waals surface area contributed by atoms with E-state index in [1.165, 1.54) is 6.42 Å². The first-order valence-corrected chi connectivity index (χ1v) is 5.92. The fourth-order valence-electron chi connectivity index (χ4n) is 3.56. The summed E-state index contributed by atoms with van der Waals surface area (Å²) in [5.74, 6) is 0.575. The van der Waals surface area contributed by atoms with Crippen molar-refractivity contribution in [3.05, 3.63) is 12.2 Å². The molecule has 0 aromatic carbocycles. The smallest absolute Gasteiger partial charge is 0.309 e. The van der Waals surface area contributed by atoms with Crippen LogP contribution in [0.25, 0.3) is 0 Å². The van der Waals surface area contributed by atoms with Gasteiger partial charge in [0.05, 0.1) is 5.41 Å². The Labute approximate surface area is 91.4 Å². The lowest BCUT2D eigenvalue weighted by Gasteiger charge is -2.33. The molecule has 2 aliphatic rings. The summed E-state index contributed by atoms with van der Waals surface area (Å²) >= 11 is 0. The van der Waals surface area contributed by atoms with Crippen molar-refractivity contribution in [2.24, 2.45) is 17.3 Å². The van der Waals surface area contributed by atoms with Gasteiger partial charge in [-0.2, -0.15) is 0 Å². The number of aliphatic carboxylic acids is 1. The van der Waals surface area contributed by atoms with Gasteiger partial charge in [-0.3, -0.25) is 4.79 Å². The van der Waals surface area contributed by atoms with Crippen molar-refractivity contribution in [2.45, 2.75) is 45.4 Å². The van der Waals surface area contributed by atoms with Gasteiger partial charge in [0.2, 0.25) is 0 Å². The highest BCUT2D eigenvalue weighted by Gasteiger charge is 2.55. The van der Waals surface area contributed by atoms with E-state index in [0.29, 0.717) is 11.8 Å². The third-order valence-electron chi connectivity index (χ3n) is 4.40. The molecule has 0 aliphatic heterocycles. The molecular weight excluding hydrogens is 188 g/mol. The van der Waals surface area contributed by atoms with Gasteiger partial charge >= 0.3 is 5.97 Å². The Morgan fingerprint density at radius 2 is 2.27 bits per heavy atom. The Kier molecular flexibility index (Phi) is 2.61. The number of hydrogen-bond donors (Lipinski definition) is 1. The summed E-state index contributed by atoms with van der Waals surface area (Å²) in [7, 11) is 0. The van der Waals surface area contributed by atoms with E-state index in [9.17, 15) is 9.90 Å². The van der Waals surface area contributed by atoms with Crippen LogP contribution in [0.15, 0.2) is 12.2 Å². The molecule has 0 saturated heterocycles. The molecule has 3 unspecified atom stereocenters. The maximum absolute atomic E-state index is 11.5. The molecule has 0 amide bonds. The summed E-state index contributed by atoms with van der Waals surface area (Å²) in [5.41, 5.74) is 0.709. The number of allylic oxidation sites excluding steroid dienone is 1. The van der Waals surface area contributed by atoms with Crippen molar-refractivity contribution in [3.63, 3.8) is 0 Å². The molecule has 15 heavy (non-hydrogen) atoms. The van der Waals surface area contributed by atoms with E-state index in [1.807, 2.05) is 6.92 Å². The van der Waals surface area contributed by atoms with Crippen LogP contribution in [0.3, 0.4) is 0 Å². The molecule has 2 saturated carbocycles. The second-order valence-corrected chi connectivity index (χ2v) is 5.50. The summed E-state index contributed by atoms with van der Waals surface area (Å²) in [6.07, 6.45) is 6.14. The number of carboxylic acid groups (broad SMARTS) is 1. The third kappa shape index (κ3) is 1.70. The van der Waals surface area contributed by atoms with Crippen LogP contribution in [0.1, 0.15) is 45.4 Å². The van der Waals surface area contributed by atoms with Gasteiger partial charge in [-0.05, 0) is 50.9 Å². The van der Waals surface area contributed by atoms with E-state index in [-0.39, 0.29) is 0 Å². The average molecular weight is 208 g/mol. The van der Waals surface area contributed by atoms with Crippen molar-refractivity contribution in [3.8, 4) is 0 Å². The van der Waals surface area contributed by atoms with E-state index in [1.54, 1.807) is 0 Å². The topological polar surface area (TPSA) is 37.3 Å². The Bertz CT molecular complexity index is 295. The number of hydrogen-bond acceptors (Lipinski definition) is 1. The Balaban J connectivity index is 2.12. The second kappa shape index (κ2) is 3.66. The second-order valence-electron chi connectivity index (χ2n) is 5.50. The zero-order valence-electron chi connectivity index (χ0n) is 9.46. The molecule has 2 heteroatoms. The van der Waals surface area contributed by atoms with Gasteiger partial charge in [0.25, 0.3) is 0 Å². The van der Waals surface area contributed by atoms with Crippen molar-refractivity contribution in [2.75, 3.05) is 0 Å². The predicted molar refractivity (Wildman–Crippen MR) is 59.6 cm³/mol. The summed E-state index contributed by atoms with van der Waals surface area (Å²) in [4.78, 5) is 11.5. The third-order valence-corrected chi connectivity index (χ3v) is 4.40. The summed E-state index contributed by atoms with van der Waals surface area (Å²) in [5, 5.41) is 9.47. The van der Waals surface area contributed by atoms with E-state index in [0.717, 1.165) is 37.7 Å². The number of carboxylic acids is 1. The first-order valence-electron chi connectivity index (χ1n) is 5.92. The molecule has 0 aromatic rings. The van der Waals surface area contributed by atoms with Gasteiger partial charge in [-0.25, -0.2) is 0 Å². The van der Waals surface area contributed by atoms with Gasteiger partial charge in [-0.1, -0.05) is 12.0 Å². The molecule has 2 nitrogen and oxygen atoms in total. The average Bonchev–Trinajstić information content (AvgIpc) is 2.74. The summed E-state index contributed by atoms with van der Waals surface area (Å²) in [6.45, 7) is 5.86. The first-order chi connectivity index (χ1) is 7.04. The Hall–Kier alpha value is -0.790. The monoisotopic (exact) mass is 208 g/mol. The van der Waals surface area contributed by atoms with E-state index in [4.69, 9.17) is 0 Å². The summed E-state index contributed by atoms with van der Waals surface area (Å²) < 4.78 is 0. The quantitative estimate of drug-likeness (QED) is 0.720. The van der Waals surface area contributed by atoms with Crippen LogP contribution in [0, 0.1) is 17.3 Å². The van der Waals surface area contributed by atoms with Crippen molar-refractivity contribution in [1.29, 1.82) is 0 Å². The minimum absolute atomic E-state index is 0.401. The number of rotatable bonds is 4. The zero-order valence-corrected chi connectivity index (χ0v) is 9.46. The SMILES string of the molecule is C=C(C)CCC1(C(=O)O)CC2CCC1C2. The molecule has 0 aromatic heterocycles. The van der Waals surface area contributed by atoms with Crippen LogP contribution in [0.5, 0.6) is 0 Å². The summed E-state index contributed by atoms with van der Waals surface area (Å²) in [6, 6.07) is 0. The fraction of sp³-hybridized carbons (Fsp3) is 0.769. The normalized spacial score (nSPS) is 38.2. The molecule has 1 N–H and O–H groups in total. The lowest BCUT2D eigenvalue weighted by molar-refractivity contribution is -0.153. The predicted octanol–water partition coefficient (Wildman–Crippen LogP) is 3.23. The van der Waals surface area contributed by atoms with Gasteiger partial charge < -0.3 is 5.11 Å². The highest BCUT2D eigenvalue weighted by molar-refractivity contribution is 5.75. The molecule has 2 bridgehead atoms. The van der Waals surface area contributed by atoms with Crippen LogP contribution in [-0.2, 0) is 4.79 Å². The van der Waals surface area contributed by atoms with E-state index < -0.39 is 11.4 Å². The maximum Gasteiger partial charge on any atom is 0.309 e. The van der Waals surface area contributed by atoms with Crippen LogP contribution >= 0.6 is 0 Å². The molecule has 2 fully saturated rings. The standard InChI is InChI=1S/C13H20O2/c1-9(2)5-6-13(12(14)15)8-10-3-4-11(13)7-10/h10-11H,1,3-8H2,2H3,(H,14,15). The molecule has 0 radical (unpaired) electrons. The minimum atomic E-state index is -0.559. The van der Waals surface area contributed by atoms with E-state index >= 15 is 0 Å². The van der Waals surface area contributed by atoms with Crippen LogP contribution < -0.4 is 0 Å². The number of fused-ring (bicyclic) bond motifs is 2. The molecule has 3 atom stereocenters. The molecule has 2 aliphatic carbocycles. The van der Waals surface area contributed by atoms with Gasteiger partial charge in [0, 0.05) is 0 Å². The molecule has 0 spiro atoms. The van der Waals surface area contributed by atoms with Gasteiger partial charge in [-0.15, -0.1) is 6.58 Å². The molecular formula is C13H20O2. The highest BCUT2D eigenvalue weighted by Crippen LogP contribution is 2.58. The maximum atomic E-state index is 11.5. The van der Waals surface area contributed by atoms with Gasteiger partial charge in [0.15, 0.2) is 0 Å². The van der Waals surface area contributed by atoms with Crippen molar-refractivity contribution >= 4 is 5.97 Å². The first kappa shape index (κ1) is 10.7. The van der Waals surface area contributed by atoms with Crippen molar-refractivity contribution < 1.29 is 9.90 Å². The van der Waals surface area contributed by atoms with E-state index in [2.05, 4.69) is 6.58 Å². The fourth-order valence-corrected chi connectivity index (χ4v) is 3.56. The highest BCUT2D eigenvalue weighted by atomic mass is 16.4. The van der Waals surface area contributed by atoms with Crippen LogP contribution in [-0.4, -0.2) is 11.1 Å². The van der Waals surface area contributed by atoms with Crippen LogP contribution in [0.2, 0.25) is 0 Å². The largest absolute Gasteiger partial charge is 0.481 e. The molecule has 0 heterocycles. The van der Waals surface area contributed by atoms with Crippen molar-refractivity contribution in [1.82, 2.24) is 0 Å².